The van der Waals surface area contributed by atoms with Crippen molar-refractivity contribution in [3.05, 3.63) is 71.8 Å². The van der Waals surface area contributed by atoms with E-state index in [4.69, 9.17) is 4.74 Å². The van der Waals surface area contributed by atoms with E-state index in [0.717, 1.165) is 11.1 Å². The first-order chi connectivity index (χ1) is 16.4. The van der Waals surface area contributed by atoms with E-state index in [0.29, 0.717) is 19.4 Å². The molecule has 3 atom stereocenters. The molecular weight excluding hydrogens is 432 g/mol. The van der Waals surface area contributed by atoms with Crippen LogP contribution in [0.3, 0.4) is 0 Å². The summed E-state index contributed by atoms with van der Waals surface area (Å²) in [5, 5.41) is 12.1. The Morgan fingerprint density at radius 1 is 1.09 bits per heavy atom. The van der Waals surface area contributed by atoms with Crippen LogP contribution in [0.1, 0.15) is 43.7 Å². The number of hydrogen-bond acceptors (Lipinski definition) is 4. The topological polar surface area (TPSA) is 95.9 Å². The number of likely N-dealkylation sites (N-methyl/N-ethyl adjacent to an activating group) is 1. The molecule has 2 amide bonds. The van der Waals surface area contributed by atoms with Crippen molar-refractivity contribution in [3.63, 3.8) is 0 Å². The molecule has 0 saturated carbocycles. The number of alkyl carbamates (subject to hydrolysis) is 1. The van der Waals surface area contributed by atoms with E-state index in [2.05, 4.69) is 29.6 Å². The van der Waals surface area contributed by atoms with Gasteiger partial charge in [-0.15, -0.1) is 0 Å². The Kier molecular flexibility index (Phi) is 7.01. The summed E-state index contributed by atoms with van der Waals surface area (Å²) in [6.07, 6.45) is 4.12. The fourth-order valence-electron chi connectivity index (χ4n) is 4.98. The molecule has 2 aliphatic rings. The van der Waals surface area contributed by atoms with Crippen LogP contribution in [0.25, 0.3) is 11.1 Å². The highest BCUT2D eigenvalue weighted by molar-refractivity contribution is 5.85. The molecule has 0 spiro atoms. The Bertz CT molecular complexity index is 1070. The van der Waals surface area contributed by atoms with E-state index in [1.54, 1.807) is 6.92 Å². The van der Waals surface area contributed by atoms with Crippen molar-refractivity contribution in [2.45, 2.75) is 44.7 Å². The first kappa shape index (κ1) is 23.5. The number of rotatable bonds is 7. The van der Waals surface area contributed by atoms with Crippen molar-refractivity contribution in [1.82, 2.24) is 10.2 Å². The standard InChI is InChI=1S/C27H30N2O5/c1-3-29(17(2)26(31)32)25(30)18-9-8-10-19(15-18)28-27(33)34-16-24-22-13-6-4-11-20(22)21-12-5-7-14-23(21)24/h4-8,10-14,17-19,24H,3,9,15-16H2,1-2H3,(H,28,33)(H,31,32)/t17?,18-,19-/m1/s1. The van der Waals surface area contributed by atoms with E-state index >= 15 is 0 Å². The van der Waals surface area contributed by atoms with Crippen LogP contribution in [0.15, 0.2) is 60.7 Å². The third-order valence-electron chi connectivity index (χ3n) is 6.77. The second-order valence-electron chi connectivity index (χ2n) is 8.81. The van der Waals surface area contributed by atoms with Crippen LogP contribution in [-0.2, 0) is 14.3 Å². The third kappa shape index (κ3) is 4.69. The highest BCUT2D eigenvalue weighted by Crippen LogP contribution is 2.44. The average Bonchev–Trinajstić information content (AvgIpc) is 3.17. The van der Waals surface area contributed by atoms with E-state index in [9.17, 15) is 19.5 Å². The maximum absolute atomic E-state index is 12.9. The van der Waals surface area contributed by atoms with Gasteiger partial charge >= 0.3 is 12.1 Å². The summed E-state index contributed by atoms with van der Waals surface area (Å²) in [6, 6.07) is 15.1. The Labute approximate surface area is 199 Å². The fourth-order valence-corrected chi connectivity index (χ4v) is 4.98. The Balaban J connectivity index is 1.36. The lowest BCUT2D eigenvalue weighted by Gasteiger charge is -2.32. The highest BCUT2D eigenvalue weighted by atomic mass is 16.5. The van der Waals surface area contributed by atoms with Gasteiger partial charge in [0.15, 0.2) is 0 Å². The third-order valence-corrected chi connectivity index (χ3v) is 6.77. The number of nitrogens with one attached hydrogen (secondary N) is 1. The van der Waals surface area contributed by atoms with Crippen LogP contribution < -0.4 is 5.32 Å². The molecule has 2 aliphatic carbocycles. The second kappa shape index (κ2) is 10.1. The number of ether oxygens (including phenoxy) is 1. The largest absolute Gasteiger partial charge is 0.480 e. The number of amides is 2. The number of fused-ring (bicyclic) bond motifs is 3. The van der Waals surface area contributed by atoms with Gasteiger partial charge in [-0.2, -0.15) is 0 Å². The van der Waals surface area contributed by atoms with Gasteiger partial charge in [-0.3, -0.25) is 4.79 Å². The molecule has 34 heavy (non-hydrogen) atoms. The number of carboxylic acids is 1. The summed E-state index contributed by atoms with van der Waals surface area (Å²) in [4.78, 5) is 38.3. The molecule has 4 rings (SSSR count). The molecular formula is C27H30N2O5. The normalized spacial score (nSPS) is 19.6. The van der Waals surface area contributed by atoms with Crippen molar-refractivity contribution in [2.24, 2.45) is 5.92 Å². The Morgan fingerprint density at radius 3 is 2.29 bits per heavy atom. The van der Waals surface area contributed by atoms with Gasteiger partial charge < -0.3 is 20.1 Å². The number of aliphatic carboxylic acids is 1. The minimum absolute atomic E-state index is 0.0232. The summed E-state index contributed by atoms with van der Waals surface area (Å²) in [6.45, 7) is 3.81. The molecule has 2 aromatic carbocycles. The number of benzene rings is 2. The Morgan fingerprint density at radius 2 is 1.71 bits per heavy atom. The predicted octanol–water partition coefficient (Wildman–Crippen LogP) is 4.18. The summed E-state index contributed by atoms with van der Waals surface area (Å²) in [5.41, 5.74) is 4.62. The second-order valence-corrected chi connectivity index (χ2v) is 8.81. The smallest absolute Gasteiger partial charge is 0.407 e. The van der Waals surface area contributed by atoms with E-state index in [1.165, 1.54) is 23.0 Å². The van der Waals surface area contributed by atoms with Crippen LogP contribution in [0.2, 0.25) is 0 Å². The molecule has 0 aliphatic heterocycles. The molecule has 0 fully saturated rings. The first-order valence-corrected chi connectivity index (χ1v) is 11.7. The number of carbonyl (C=O) groups excluding carboxylic acids is 2. The monoisotopic (exact) mass is 462 g/mol. The first-order valence-electron chi connectivity index (χ1n) is 11.7. The van der Waals surface area contributed by atoms with Crippen LogP contribution in [-0.4, -0.2) is 53.2 Å². The van der Waals surface area contributed by atoms with E-state index in [1.807, 2.05) is 36.4 Å². The van der Waals surface area contributed by atoms with Crippen molar-refractivity contribution in [1.29, 1.82) is 0 Å². The molecule has 0 bridgehead atoms. The van der Waals surface area contributed by atoms with Gasteiger partial charge in [0.1, 0.15) is 12.6 Å². The minimum atomic E-state index is -1.03. The number of allylic oxidation sites excluding steroid dienone is 1. The molecule has 0 heterocycles. The van der Waals surface area contributed by atoms with Crippen LogP contribution >= 0.6 is 0 Å². The average molecular weight is 463 g/mol. The minimum Gasteiger partial charge on any atom is -0.480 e. The molecule has 0 aromatic heterocycles. The number of hydrogen-bond donors (Lipinski definition) is 2. The van der Waals surface area contributed by atoms with Gasteiger partial charge in [0.05, 0.1) is 6.04 Å². The summed E-state index contributed by atoms with van der Waals surface area (Å²) >= 11 is 0. The van der Waals surface area contributed by atoms with Gasteiger partial charge in [0, 0.05) is 18.4 Å². The molecule has 0 saturated heterocycles. The lowest BCUT2D eigenvalue weighted by atomic mass is 9.89. The van der Waals surface area contributed by atoms with Crippen LogP contribution in [0.5, 0.6) is 0 Å². The van der Waals surface area contributed by atoms with Crippen LogP contribution in [0, 0.1) is 5.92 Å². The SMILES string of the molecule is CCN(C(=O)[C@@H]1CC=C[C@@H](NC(=O)OCC2c3ccccc3-c3ccccc32)C1)C(C)C(=O)O. The van der Waals surface area contributed by atoms with Gasteiger partial charge in [-0.1, -0.05) is 60.7 Å². The zero-order valence-corrected chi connectivity index (χ0v) is 19.4. The van der Waals surface area contributed by atoms with E-state index in [-0.39, 0.29) is 30.4 Å². The van der Waals surface area contributed by atoms with Crippen molar-refractivity contribution in [2.75, 3.05) is 13.2 Å². The Hall–Kier alpha value is -3.61. The molecule has 2 N–H and O–H groups in total. The van der Waals surface area contributed by atoms with Crippen molar-refractivity contribution in [3.8, 4) is 11.1 Å². The molecule has 7 heteroatoms. The predicted molar refractivity (Wildman–Crippen MR) is 128 cm³/mol. The van der Waals surface area contributed by atoms with Crippen LogP contribution in [0.4, 0.5) is 4.79 Å². The maximum Gasteiger partial charge on any atom is 0.407 e. The van der Waals surface area contributed by atoms with Gasteiger partial charge in [0.2, 0.25) is 5.91 Å². The summed E-state index contributed by atoms with van der Waals surface area (Å²) in [7, 11) is 0. The number of nitrogens with zero attached hydrogens (tertiary/aromatic N) is 1. The lowest BCUT2D eigenvalue weighted by molar-refractivity contribution is -0.151. The molecule has 178 valence electrons. The van der Waals surface area contributed by atoms with Gasteiger partial charge in [-0.25, -0.2) is 9.59 Å². The number of carbonyl (C=O) groups is 3. The molecule has 7 nitrogen and oxygen atoms in total. The van der Waals surface area contributed by atoms with Gasteiger partial charge in [-0.05, 0) is 48.9 Å². The van der Waals surface area contributed by atoms with E-state index < -0.39 is 18.1 Å². The number of carboxylic acid groups (broad SMARTS) is 1. The highest BCUT2D eigenvalue weighted by Gasteiger charge is 2.33. The molecule has 2 aromatic rings. The lowest BCUT2D eigenvalue weighted by Crippen LogP contribution is -2.48. The maximum atomic E-state index is 12.9. The van der Waals surface area contributed by atoms with Gasteiger partial charge in [0.25, 0.3) is 0 Å². The summed E-state index contributed by atoms with van der Waals surface area (Å²) < 4.78 is 5.62. The summed E-state index contributed by atoms with van der Waals surface area (Å²) in [5.74, 6) is -1.65. The van der Waals surface area contributed by atoms with Crippen molar-refractivity contribution < 1.29 is 24.2 Å². The molecule has 1 unspecified atom stereocenters. The quantitative estimate of drug-likeness (QED) is 0.602. The zero-order chi connectivity index (χ0) is 24.2. The van der Waals surface area contributed by atoms with Crippen molar-refractivity contribution >= 4 is 18.0 Å². The molecule has 0 radical (unpaired) electrons. The fraction of sp³-hybridized carbons (Fsp3) is 0.370. The zero-order valence-electron chi connectivity index (χ0n) is 19.4.